The quantitative estimate of drug-likeness (QED) is 0.284. The number of para-hydroxylation sites is 1. The Morgan fingerprint density at radius 3 is 2.14 bits per heavy atom. The molecule has 0 bridgehead atoms. The van der Waals surface area contributed by atoms with Crippen LogP contribution in [0.25, 0.3) is 11.1 Å². The Morgan fingerprint density at radius 1 is 0.694 bits per heavy atom. The first-order valence-electron chi connectivity index (χ1n) is 12.5. The monoisotopic (exact) mass is 466 g/mol. The molecule has 3 heterocycles. The fourth-order valence-corrected chi connectivity index (χ4v) is 6.02. The first-order valence-corrected chi connectivity index (χ1v) is 12.5. The van der Waals surface area contributed by atoms with E-state index in [-0.39, 0.29) is 11.5 Å². The number of hydrogen-bond donors (Lipinski definition) is 0. The smallest absolute Gasteiger partial charge is 0.123 e. The molecule has 2 aliphatic heterocycles. The molecule has 36 heavy (non-hydrogen) atoms. The largest absolute Gasteiger partial charge is 0.492 e. The third kappa shape index (κ3) is 3.24. The summed E-state index contributed by atoms with van der Waals surface area (Å²) in [6, 6.07) is 41.4. The van der Waals surface area contributed by atoms with Crippen LogP contribution < -0.4 is 9.64 Å². The molecule has 0 saturated heterocycles. The molecule has 0 N–H and O–H groups in total. The zero-order valence-corrected chi connectivity index (χ0v) is 19.9. The van der Waals surface area contributed by atoms with Crippen LogP contribution in [0.3, 0.4) is 0 Å². The molecule has 0 amide bonds. The zero-order chi connectivity index (χ0) is 24.0. The molecule has 3 nitrogen and oxygen atoms in total. The normalized spacial score (nSPS) is 17.8. The molecule has 0 fully saturated rings. The van der Waals surface area contributed by atoms with E-state index in [1.807, 2.05) is 18.5 Å². The maximum Gasteiger partial charge on any atom is 0.123 e. The summed E-state index contributed by atoms with van der Waals surface area (Å²) >= 11 is 0. The lowest BCUT2D eigenvalue weighted by atomic mass is 9.77. The van der Waals surface area contributed by atoms with Crippen LogP contribution in [0.5, 0.6) is 5.75 Å². The van der Waals surface area contributed by atoms with Gasteiger partial charge in [-0.1, -0.05) is 91.0 Å². The molecule has 4 aromatic carbocycles. The predicted octanol–water partition coefficient (Wildman–Crippen LogP) is 7.04. The first-order chi connectivity index (χ1) is 17.8. The van der Waals surface area contributed by atoms with Gasteiger partial charge in [0.1, 0.15) is 12.4 Å². The Morgan fingerprint density at radius 2 is 1.42 bits per heavy atom. The predicted molar refractivity (Wildman–Crippen MR) is 144 cm³/mol. The molecule has 7 rings (SSSR count). The lowest BCUT2D eigenvalue weighted by Crippen LogP contribution is -2.38. The lowest BCUT2D eigenvalue weighted by Gasteiger charge is -2.33. The Balaban J connectivity index is 1.40. The molecule has 174 valence electrons. The van der Waals surface area contributed by atoms with Crippen LogP contribution in [0.2, 0.25) is 0 Å². The van der Waals surface area contributed by atoms with E-state index in [0.717, 1.165) is 17.9 Å². The van der Waals surface area contributed by atoms with E-state index < -0.39 is 0 Å². The fraction of sp³-hybridized carbons (Fsp3) is 0.121. The number of nitrogens with zero attached hydrogens (tertiary/aromatic N) is 2. The summed E-state index contributed by atoms with van der Waals surface area (Å²) in [7, 11) is 0. The number of fused-ring (bicyclic) bond motifs is 4. The molecule has 0 saturated carbocycles. The summed E-state index contributed by atoms with van der Waals surface area (Å²) in [4.78, 5) is 6.92. The van der Waals surface area contributed by atoms with Gasteiger partial charge in [-0.05, 0) is 46.5 Å². The number of aromatic nitrogens is 1. The summed E-state index contributed by atoms with van der Waals surface area (Å²) in [5.41, 5.74) is 8.52. The van der Waals surface area contributed by atoms with Crippen molar-refractivity contribution in [2.75, 3.05) is 18.1 Å². The Bertz CT molecular complexity index is 1480. The van der Waals surface area contributed by atoms with E-state index in [9.17, 15) is 0 Å². The molecular weight excluding hydrogens is 440 g/mol. The Kier molecular flexibility index (Phi) is 4.88. The molecule has 0 radical (unpaired) electrons. The summed E-state index contributed by atoms with van der Waals surface area (Å²) in [6.07, 6.45) is 3.75. The van der Waals surface area contributed by atoms with Gasteiger partial charge in [-0.25, -0.2) is 0 Å². The summed E-state index contributed by atoms with van der Waals surface area (Å²) in [6.45, 7) is 1.49. The van der Waals surface area contributed by atoms with Crippen LogP contribution in [0.1, 0.15) is 28.3 Å². The minimum absolute atomic E-state index is 0.110. The van der Waals surface area contributed by atoms with Crippen LogP contribution in [-0.2, 0) is 5.41 Å². The van der Waals surface area contributed by atoms with Gasteiger partial charge >= 0.3 is 0 Å². The minimum atomic E-state index is -0.230. The van der Waals surface area contributed by atoms with Crippen molar-refractivity contribution >= 4 is 5.69 Å². The third-order valence-corrected chi connectivity index (χ3v) is 7.68. The summed E-state index contributed by atoms with van der Waals surface area (Å²) in [5.74, 6) is 0.982. The van der Waals surface area contributed by atoms with Crippen molar-refractivity contribution in [3.63, 3.8) is 0 Å². The van der Waals surface area contributed by atoms with Gasteiger partial charge in [0.15, 0.2) is 0 Å². The van der Waals surface area contributed by atoms with Crippen LogP contribution in [-0.4, -0.2) is 18.1 Å². The molecule has 1 spiro atoms. The van der Waals surface area contributed by atoms with Crippen LogP contribution in [0, 0.1) is 0 Å². The molecular formula is C33H26N2O. The Labute approximate surface area is 211 Å². The SMILES string of the molecule is c1ccc(C(c2ccccc2)N2CC3(COc4ccc(-c5cccnc5)cc43)c3ccccc32)cc1. The lowest BCUT2D eigenvalue weighted by molar-refractivity contribution is 0.298. The molecule has 1 aromatic heterocycles. The van der Waals surface area contributed by atoms with Crippen LogP contribution in [0.4, 0.5) is 5.69 Å². The van der Waals surface area contributed by atoms with E-state index in [1.54, 1.807) is 0 Å². The number of rotatable bonds is 4. The van der Waals surface area contributed by atoms with Crippen molar-refractivity contribution in [1.82, 2.24) is 4.98 Å². The van der Waals surface area contributed by atoms with E-state index >= 15 is 0 Å². The van der Waals surface area contributed by atoms with Crippen molar-refractivity contribution in [1.29, 1.82) is 0 Å². The maximum absolute atomic E-state index is 6.38. The number of benzene rings is 4. The van der Waals surface area contributed by atoms with Gasteiger partial charge in [0.05, 0.1) is 11.5 Å². The number of anilines is 1. The van der Waals surface area contributed by atoms with Crippen LogP contribution >= 0.6 is 0 Å². The molecule has 0 aliphatic carbocycles. The van der Waals surface area contributed by atoms with Crippen molar-refractivity contribution in [2.45, 2.75) is 11.5 Å². The standard InChI is InChI=1S/C33H26N2O/c1-3-10-24(11-4-1)32(25-12-5-2-6-13-25)35-22-33(28-15-7-8-16-30(28)35)23-36-31-18-17-26(20-29(31)33)27-14-9-19-34-21-27/h1-21,32H,22-23H2. The highest BCUT2D eigenvalue weighted by molar-refractivity contribution is 5.74. The third-order valence-electron chi connectivity index (χ3n) is 7.68. The molecule has 2 aliphatic rings. The minimum Gasteiger partial charge on any atom is -0.492 e. The highest BCUT2D eigenvalue weighted by Crippen LogP contribution is 2.54. The number of pyridine rings is 1. The van der Waals surface area contributed by atoms with Gasteiger partial charge in [0.2, 0.25) is 0 Å². The van der Waals surface area contributed by atoms with Gasteiger partial charge in [-0.3, -0.25) is 4.98 Å². The van der Waals surface area contributed by atoms with Gasteiger partial charge < -0.3 is 9.64 Å². The topological polar surface area (TPSA) is 25.4 Å². The van der Waals surface area contributed by atoms with Crippen LogP contribution in [0.15, 0.2) is 128 Å². The van der Waals surface area contributed by atoms with Gasteiger partial charge in [-0.15, -0.1) is 0 Å². The second-order valence-electron chi connectivity index (χ2n) is 9.69. The number of hydrogen-bond acceptors (Lipinski definition) is 3. The van der Waals surface area contributed by atoms with Gasteiger partial charge in [0.25, 0.3) is 0 Å². The first kappa shape index (κ1) is 21.0. The van der Waals surface area contributed by atoms with Crippen molar-refractivity contribution < 1.29 is 4.74 Å². The van der Waals surface area contributed by atoms with Crippen molar-refractivity contribution in [3.8, 4) is 16.9 Å². The van der Waals surface area contributed by atoms with Crippen molar-refractivity contribution in [3.05, 3.63) is 150 Å². The van der Waals surface area contributed by atoms with Crippen molar-refractivity contribution in [2.24, 2.45) is 0 Å². The van der Waals surface area contributed by atoms with E-state index in [2.05, 4.69) is 119 Å². The van der Waals surface area contributed by atoms with Gasteiger partial charge in [0, 0.05) is 35.8 Å². The molecule has 1 unspecified atom stereocenters. The molecule has 1 atom stereocenters. The average Bonchev–Trinajstić information content (AvgIpc) is 3.49. The Hall–Kier alpha value is -4.37. The van der Waals surface area contributed by atoms with E-state index in [1.165, 1.54) is 33.5 Å². The number of ether oxygens (including phenoxy) is 1. The fourth-order valence-electron chi connectivity index (χ4n) is 6.02. The summed E-state index contributed by atoms with van der Waals surface area (Å²) < 4.78 is 6.38. The molecule has 3 heteroatoms. The highest BCUT2D eigenvalue weighted by atomic mass is 16.5. The molecule has 5 aromatic rings. The maximum atomic E-state index is 6.38. The second kappa shape index (κ2) is 8.39. The average molecular weight is 467 g/mol. The zero-order valence-electron chi connectivity index (χ0n) is 19.9. The highest BCUT2D eigenvalue weighted by Gasteiger charge is 2.51. The van der Waals surface area contributed by atoms with Gasteiger partial charge in [-0.2, -0.15) is 0 Å². The second-order valence-corrected chi connectivity index (χ2v) is 9.69. The summed E-state index contributed by atoms with van der Waals surface area (Å²) in [5, 5.41) is 0. The van der Waals surface area contributed by atoms with E-state index in [4.69, 9.17) is 4.74 Å². The van der Waals surface area contributed by atoms with E-state index in [0.29, 0.717) is 6.61 Å².